The fraction of sp³-hybridized carbons (Fsp3) is 0.241. The van der Waals surface area contributed by atoms with Crippen LogP contribution in [0.1, 0.15) is 46.6 Å². The minimum atomic E-state index is -1.42. The van der Waals surface area contributed by atoms with Crippen LogP contribution in [0.5, 0.6) is 5.75 Å². The molecule has 180 valence electrons. The third kappa shape index (κ3) is 5.95. The number of carboxylic acids is 1. The number of carbonyl (C=O) groups is 1. The van der Waals surface area contributed by atoms with Gasteiger partial charge < -0.3 is 9.84 Å². The normalized spacial score (nSPS) is 12.1. The first-order valence-electron chi connectivity index (χ1n) is 11.6. The zero-order valence-electron chi connectivity index (χ0n) is 20.2. The second kappa shape index (κ2) is 10.8. The van der Waals surface area contributed by atoms with Gasteiger partial charge in [-0.2, -0.15) is 0 Å². The Kier molecular flexibility index (Phi) is 7.61. The Balaban J connectivity index is 1.49. The molecule has 0 aliphatic rings. The van der Waals surface area contributed by atoms with Crippen molar-refractivity contribution in [1.29, 1.82) is 0 Å². The van der Waals surface area contributed by atoms with Crippen LogP contribution in [-0.4, -0.2) is 20.3 Å². The average Bonchev–Trinajstić information content (AvgIpc) is 2.84. The van der Waals surface area contributed by atoms with Crippen LogP contribution in [-0.2, 0) is 29.6 Å². The molecule has 0 amide bonds. The standard InChI is InChI=1S/C29H29NO4S/c1-19(2)15-22-11-12-23(28(20(22)3)29(31)32)18-35(33)26-9-6-8-25(16-26)34-17-24-14-13-21-7-4-5-10-27(21)30-24/h4-14,16,19H,15,17-18H2,1-3H3,(H,31,32). The monoisotopic (exact) mass is 487 g/mol. The maximum Gasteiger partial charge on any atom is 0.336 e. The van der Waals surface area contributed by atoms with E-state index in [1.165, 1.54) is 0 Å². The van der Waals surface area contributed by atoms with Crippen LogP contribution in [0.4, 0.5) is 0 Å². The highest BCUT2D eigenvalue weighted by Crippen LogP contribution is 2.25. The molecular weight excluding hydrogens is 458 g/mol. The van der Waals surface area contributed by atoms with E-state index < -0.39 is 16.8 Å². The van der Waals surface area contributed by atoms with E-state index in [0.717, 1.165) is 34.1 Å². The number of hydrogen-bond donors (Lipinski definition) is 1. The van der Waals surface area contributed by atoms with Gasteiger partial charge in [0.15, 0.2) is 0 Å². The molecule has 6 heteroatoms. The Labute approximate surface area is 208 Å². The second-order valence-electron chi connectivity index (χ2n) is 9.04. The van der Waals surface area contributed by atoms with Gasteiger partial charge in [-0.25, -0.2) is 9.78 Å². The summed E-state index contributed by atoms with van der Waals surface area (Å²) >= 11 is 0. The van der Waals surface area contributed by atoms with Crippen molar-refractivity contribution in [1.82, 2.24) is 4.98 Å². The molecule has 4 rings (SSSR count). The molecular formula is C29H29NO4S. The topological polar surface area (TPSA) is 76.5 Å². The summed E-state index contributed by atoms with van der Waals surface area (Å²) in [6.07, 6.45) is 0.806. The van der Waals surface area contributed by atoms with Crippen LogP contribution >= 0.6 is 0 Å². The molecule has 35 heavy (non-hydrogen) atoms. The molecule has 1 heterocycles. The molecule has 0 fully saturated rings. The summed E-state index contributed by atoms with van der Waals surface area (Å²) < 4.78 is 19.1. The first-order chi connectivity index (χ1) is 16.8. The Hall–Kier alpha value is -3.51. The average molecular weight is 488 g/mol. The molecule has 0 saturated heterocycles. The van der Waals surface area contributed by atoms with Gasteiger partial charge in [-0.15, -0.1) is 0 Å². The van der Waals surface area contributed by atoms with Crippen LogP contribution in [0.15, 0.2) is 77.7 Å². The minimum Gasteiger partial charge on any atom is -0.487 e. The lowest BCUT2D eigenvalue weighted by atomic mass is 9.92. The van der Waals surface area contributed by atoms with E-state index in [1.807, 2.05) is 55.5 Å². The van der Waals surface area contributed by atoms with Crippen LogP contribution in [0, 0.1) is 12.8 Å². The highest BCUT2D eigenvalue weighted by atomic mass is 32.2. The number of carboxylic acid groups (broad SMARTS) is 1. The van der Waals surface area contributed by atoms with Crippen molar-refractivity contribution in [3.63, 3.8) is 0 Å². The van der Waals surface area contributed by atoms with Crippen molar-refractivity contribution in [3.05, 3.63) is 101 Å². The predicted molar refractivity (Wildman–Crippen MR) is 139 cm³/mol. The van der Waals surface area contributed by atoms with E-state index in [4.69, 9.17) is 4.74 Å². The molecule has 4 aromatic rings. The second-order valence-corrected chi connectivity index (χ2v) is 10.5. The third-order valence-corrected chi connectivity index (χ3v) is 7.26. The number of benzene rings is 3. The summed E-state index contributed by atoms with van der Waals surface area (Å²) in [6.45, 7) is 6.34. The van der Waals surface area contributed by atoms with Gasteiger partial charge in [-0.05, 0) is 66.3 Å². The quantitative estimate of drug-likeness (QED) is 0.299. The number of hydrogen-bond acceptors (Lipinski definition) is 4. The maximum atomic E-state index is 13.2. The van der Waals surface area contributed by atoms with Gasteiger partial charge in [0, 0.05) is 10.3 Å². The summed E-state index contributed by atoms with van der Waals surface area (Å²) in [5, 5.41) is 10.9. The fourth-order valence-electron chi connectivity index (χ4n) is 4.17. The molecule has 1 aromatic heterocycles. The molecule has 1 N–H and O–H groups in total. The third-order valence-electron chi connectivity index (χ3n) is 5.90. The summed E-state index contributed by atoms with van der Waals surface area (Å²) in [5.41, 5.74) is 4.31. The molecule has 0 aliphatic heterocycles. The number of nitrogens with zero attached hydrogens (tertiary/aromatic N) is 1. The van der Waals surface area contributed by atoms with E-state index in [0.29, 0.717) is 28.7 Å². The van der Waals surface area contributed by atoms with Crippen LogP contribution < -0.4 is 4.74 Å². The first kappa shape index (κ1) is 24.6. The minimum absolute atomic E-state index is 0.125. The van der Waals surface area contributed by atoms with Crippen molar-refractivity contribution < 1.29 is 18.8 Å². The smallest absolute Gasteiger partial charge is 0.336 e. The molecule has 1 atom stereocenters. The summed E-state index contributed by atoms with van der Waals surface area (Å²) in [6, 6.07) is 22.8. The first-order valence-corrected chi connectivity index (χ1v) is 12.9. The van der Waals surface area contributed by atoms with Gasteiger partial charge >= 0.3 is 5.97 Å². The van der Waals surface area contributed by atoms with E-state index in [2.05, 4.69) is 18.8 Å². The van der Waals surface area contributed by atoms with E-state index in [1.54, 1.807) is 24.3 Å². The van der Waals surface area contributed by atoms with Gasteiger partial charge in [0.25, 0.3) is 0 Å². The number of aromatic carboxylic acids is 1. The Bertz CT molecular complexity index is 1400. The molecule has 0 bridgehead atoms. The number of ether oxygens (including phenoxy) is 1. The van der Waals surface area contributed by atoms with Gasteiger partial charge in [0.2, 0.25) is 0 Å². The van der Waals surface area contributed by atoms with E-state index in [9.17, 15) is 14.1 Å². The highest BCUT2D eigenvalue weighted by Gasteiger charge is 2.19. The molecule has 0 aliphatic carbocycles. The van der Waals surface area contributed by atoms with Gasteiger partial charge in [-0.1, -0.05) is 56.3 Å². The van der Waals surface area contributed by atoms with Crippen molar-refractivity contribution in [2.45, 2.75) is 44.4 Å². The SMILES string of the molecule is Cc1c(CC(C)C)ccc(CS(=O)c2cccc(OCc3ccc4ccccc4n3)c2)c1C(=O)O. The van der Waals surface area contributed by atoms with Crippen LogP contribution in [0.2, 0.25) is 0 Å². The van der Waals surface area contributed by atoms with Crippen LogP contribution in [0.3, 0.4) is 0 Å². The molecule has 0 saturated carbocycles. The van der Waals surface area contributed by atoms with Crippen molar-refractivity contribution in [3.8, 4) is 5.75 Å². The van der Waals surface area contributed by atoms with Gasteiger partial charge in [0.05, 0.1) is 33.3 Å². The Morgan fingerprint density at radius 3 is 2.54 bits per heavy atom. The van der Waals surface area contributed by atoms with Crippen molar-refractivity contribution in [2.75, 3.05) is 0 Å². The molecule has 1 unspecified atom stereocenters. The number of aromatic nitrogens is 1. The van der Waals surface area contributed by atoms with Gasteiger partial charge in [0.1, 0.15) is 12.4 Å². The van der Waals surface area contributed by atoms with E-state index in [-0.39, 0.29) is 11.3 Å². The zero-order valence-corrected chi connectivity index (χ0v) is 21.0. The number of pyridine rings is 1. The number of para-hydroxylation sites is 1. The van der Waals surface area contributed by atoms with Crippen molar-refractivity contribution >= 4 is 27.7 Å². The summed E-state index contributed by atoms with van der Waals surface area (Å²) in [4.78, 5) is 17.2. The highest BCUT2D eigenvalue weighted by molar-refractivity contribution is 7.84. The largest absolute Gasteiger partial charge is 0.487 e. The van der Waals surface area contributed by atoms with E-state index >= 15 is 0 Å². The lowest BCUT2D eigenvalue weighted by Crippen LogP contribution is -2.11. The summed E-state index contributed by atoms with van der Waals surface area (Å²) in [5.74, 6) is 0.149. The number of fused-ring (bicyclic) bond motifs is 1. The van der Waals surface area contributed by atoms with Crippen LogP contribution in [0.25, 0.3) is 10.9 Å². The lowest BCUT2D eigenvalue weighted by Gasteiger charge is -2.15. The molecule has 5 nitrogen and oxygen atoms in total. The molecule has 3 aromatic carbocycles. The van der Waals surface area contributed by atoms with Gasteiger partial charge in [-0.3, -0.25) is 4.21 Å². The molecule has 0 radical (unpaired) electrons. The fourth-order valence-corrected chi connectivity index (χ4v) is 5.33. The zero-order chi connectivity index (χ0) is 24.9. The lowest BCUT2D eigenvalue weighted by molar-refractivity contribution is 0.0695. The maximum absolute atomic E-state index is 13.2. The Morgan fingerprint density at radius 2 is 1.77 bits per heavy atom. The molecule has 0 spiro atoms. The van der Waals surface area contributed by atoms with Crippen molar-refractivity contribution in [2.24, 2.45) is 5.92 Å². The number of rotatable bonds is 9. The summed E-state index contributed by atoms with van der Waals surface area (Å²) in [7, 11) is -1.42. The predicted octanol–water partition coefficient (Wildman–Crippen LogP) is 6.33. The Morgan fingerprint density at radius 1 is 1.00 bits per heavy atom.